The van der Waals surface area contributed by atoms with Crippen LogP contribution in [-0.4, -0.2) is 56.5 Å². The van der Waals surface area contributed by atoms with Gasteiger partial charge in [-0.2, -0.15) is 0 Å². The average molecular weight is 499 g/mol. The molecule has 2 fully saturated rings. The van der Waals surface area contributed by atoms with Crippen LogP contribution in [0.4, 0.5) is 5.69 Å². The van der Waals surface area contributed by atoms with Crippen molar-refractivity contribution in [1.29, 1.82) is 0 Å². The molecule has 2 aliphatic rings. The van der Waals surface area contributed by atoms with Crippen LogP contribution in [0.3, 0.4) is 0 Å². The van der Waals surface area contributed by atoms with Crippen molar-refractivity contribution in [1.82, 2.24) is 15.5 Å². The number of rotatable bonds is 6. The number of hydrogen-bond acceptors (Lipinski definition) is 3. The van der Waals surface area contributed by atoms with E-state index >= 15 is 0 Å². The molecule has 0 bridgehead atoms. The highest BCUT2D eigenvalue weighted by molar-refractivity contribution is 14.0. The number of nitrogens with zero attached hydrogens (tertiary/aromatic N) is 3. The first-order valence-electron chi connectivity index (χ1n) is 10.3. The summed E-state index contributed by atoms with van der Waals surface area (Å²) in [6.45, 7) is 5.98. The van der Waals surface area contributed by atoms with Gasteiger partial charge < -0.3 is 20.4 Å². The van der Waals surface area contributed by atoms with E-state index < -0.39 is 0 Å². The third-order valence-corrected chi connectivity index (χ3v) is 5.42. The Hall–Kier alpha value is -1.35. The SMILES string of the molecule is CN=C(NCCN1CCCCCC1)NCc1ccc(N2CCCC2=O)cc1.I. The zero-order chi connectivity index (χ0) is 18.9. The van der Waals surface area contributed by atoms with Crippen molar-refractivity contribution in [2.24, 2.45) is 4.99 Å². The van der Waals surface area contributed by atoms with E-state index in [1.165, 1.54) is 44.3 Å². The number of aliphatic imine (C=N–C) groups is 1. The minimum absolute atomic E-state index is 0. The molecule has 2 aliphatic heterocycles. The van der Waals surface area contributed by atoms with Crippen molar-refractivity contribution in [3.8, 4) is 0 Å². The topological polar surface area (TPSA) is 60.0 Å². The van der Waals surface area contributed by atoms with Crippen LogP contribution in [0.2, 0.25) is 0 Å². The molecular formula is C21H34IN5O. The summed E-state index contributed by atoms with van der Waals surface area (Å²) in [6, 6.07) is 8.24. The minimum Gasteiger partial charge on any atom is -0.355 e. The second-order valence-corrected chi connectivity index (χ2v) is 7.42. The first-order chi connectivity index (χ1) is 13.3. The number of carbonyl (C=O) groups is 1. The molecule has 0 radical (unpaired) electrons. The zero-order valence-corrected chi connectivity index (χ0v) is 19.3. The maximum absolute atomic E-state index is 11.8. The van der Waals surface area contributed by atoms with Gasteiger partial charge in [-0.05, 0) is 50.0 Å². The Morgan fingerprint density at radius 1 is 1.00 bits per heavy atom. The summed E-state index contributed by atoms with van der Waals surface area (Å²) in [4.78, 5) is 20.6. The number of hydrogen-bond donors (Lipinski definition) is 2. The molecule has 0 saturated carbocycles. The van der Waals surface area contributed by atoms with E-state index in [-0.39, 0.29) is 29.9 Å². The van der Waals surface area contributed by atoms with E-state index in [1.54, 1.807) is 0 Å². The van der Waals surface area contributed by atoms with Gasteiger partial charge in [0.05, 0.1) is 0 Å². The quantitative estimate of drug-likeness (QED) is 0.359. The van der Waals surface area contributed by atoms with E-state index in [4.69, 9.17) is 0 Å². The van der Waals surface area contributed by atoms with Crippen LogP contribution >= 0.6 is 24.0 Å². The Morgan fingerprint density at radius 2 is 1.71 bits per heavy atom. The number of halogens is 1. The van der Waals surface area contributed by atoms with Gasteiger partial charge in [-0.15, -0.1) is 24.0 Å². The maximum atomic E-state index is 11.8. The Labute approximate surface area is 186 Å². The molecule has 2 N–H and O–H groups in total. The van der Waals surface area contributed by atoms with Gasteiger partial charge in [0, 0.05) is 45.3 Å². The first kappa shape index (κ1) is 22.9. The van der Waals surface area contributed by atoms with E-state index in [2.05, 4.69) is 32.7 Å². The van der Waals surface area contributed by atoms with E-state index in [9.17, 15) is 4.79 Å². The molecule has 6 nitrogen and oxygen atoms in total. The molecule has 156 valence electrons. The predicted molar refractivity (Wildman–Crippen MR) is 127 cm³/mol. The van der Waals surface area contributed by atoms with Crippen LogP contribution in [0, 0.1) is 0 Å². The molecule has 0 aliphatic carbocycles. The normalized spacial score (nSPS) is 18.5. The largest absolute Gasteiger partial charge is 0.355 e. The summed E-state index contributed by atoms with van der Waals surface area (Å²) < 4.78 is 0. The van der Waals surface area contributed by atoms with Gasteiger partial charge in [0.2, 0.25) is 5.91 Å². The number of guanidine groups is 1. The molecule has 0 aromatic heterocycles. The highest BCUT2D eigenvalue weighted by Crippen LogP contribution is 2.21. The van der Waals surface area contributed by atoms with Crippen LogP contribution in [0.25, 0.3) is 0 Å². The lowest BCUT2D eigenvalue weighted by Crippen LogP contribution is -2.41. The second kappa shape index (κ2) is 12.3. The van der Waals surface area contributed by atoms with Gasteiger partial charge in [-0.3, -0.25) is 9.79 Å². The molecule has 28 heavy (non-hydrogen) atoms. The molecule has 7 heteroatoms. The van der Waals surface area contributed by atoms with Crippen LogP contribution < -0.4 is 15.5 Å². The third-order valence-electron chi connectivity index (χ3n) is 5.42. The van der Waals surface area contributed by atoms with Crippen molar-refractivity contribution in [3.63, 3.8) is 0 Å². The summed E-state index contributed by atoms with van der Waals surface area (Å²) in [7, 11) is 1.81. The minimum atomic E-state index is 0. The molecule has 2 saturated heterocycles. The molecule has 1 aromatic rings. The van der Waals surface area contributed by atoms with E-state index in [0.29, 0.717) is 6.42 Å². The van der Waals surface area contributed by atoms with Crippen molar-refractivity contribution < 1.29 is 4.79 Å². The van der Waals surface area contributed by atoms with Gasteiger partial charge in [-0.1, -0.05) is 25.0 Å². The Bertz CT molecular complexity index is 626. The number of carbonyl (C=O) groups excluding carboxylic acids is 1. The number of anilines is 1. The van der Waals surface area contributed by atoms with Crippen LogP contribution in [0.15, 0.2) is 29.3 Å². The summed E-state index contributed by atoms with van der Waals surface area (Å²) in [5, 5.41) is 6.79. The summed E-state index contributed by atoms with van der Waals surface area (Å²) >= 11 is 0. The maximum Gasteiger partial charge on any atom is 0.227 e. The fourth-order valence-electron chi connectivity index (χ4n) is 3.81. The lowest BCUT2D eigenvalue weighted by Gasteiger charge is -2.20. The third kappa shape index (κ3) is 6.92. The highest BCUT2D eigenvalue weighted by atomic mass is 127. The van der Waals surface area contributed by atoms with Crippen LogP contribution in [0.5, 0.6) is 0 Å². The van der Waals surface area contributed by atoms with Crippen molar-refractivity contribution in [3.05, 3.63) is 29.8 Å². The first-order valence-corrected chi connectivity index (χ1v) is 10.3. The van der Waals surface area contributed by atoms with Gasteiger partial charge in [0.15, 0.2) is 5.96 Å². The van der Waals surface area contributed by atoms with Gasteiger partial charge in [0.25, 0.3) is 0 Å². The average Bonchev–Trinajstić information content (AvgIpc) is 2.96. The van der Waals surface area contributed by atoms with Crippen molar-refractivity contribution >= 4 is 41.5 Å². The predicted octanol–water partition coefficient (Wildman–Crippen LogP) is 2.97. The molecule has 2 heterocycles. The molecule has 1 amide bonds. The van der Waals surface area contributed by atoms with Gasteiger partial charge >= 0.3 is 0 Å². The highest BCUT2D eigenvalue weighted by Gasteiger charge is 2.21. The Balaban J connectivity index is 0.00000280. The Kier molecular flexibility index (Phi) is 10.0. The number of amides is 1. The summed E-state index contributed by atoms with van der Waals surface area (Å²) in [5.74, 6) is 1.07. The monoisotopic (exact) mass is 499 g/mol. The number of nitrogens with one attached hydrogen (secondary N) is 2. The van der Waals surface area contributed by atoms with Crippen LogP contribution in [0.1, 0.15) is 44.1 Å². The molecule has 3 rings (SSSR count). The number of benzene rings is 1. The van der Waals surface area contributed by atoms with Gasteiger partial charge in [0.1, 0.15) is 0 Å². The van der Waals surface area contributed by atoms with Crippen LogP contribution in [-0.2, 0) is 11.3 Å². The number of likely N-dealkylation sites (tertiary alicyclic amines) is 1. The lowest BCUT2D eigenvalue weighted by atomic mass is 10.2. The summed E-state index contributed by atoms with van der Waals surface area (Å²) in [5.41, 5.74) is 2.18. The lowest BCUT2D eigenvalue weighted by molar-refractivity contribution is -0.117. The summed E-state index contributed by atoms with van der Waals surface area (Å²) in [6.07, 6.45) is 7.03. The molecule has 0 spiro atoms. The molecule has 0 atom stereocenters. The fraction of sp³-hybridized carbons (Fsp3) is 0.619. The molecule has 0 unspecified atom stereocenters. The fourth-order valence-corrected chi connectivity index (χ4v) is 3.81. The van der Waals surface area contributed by atoms with E-state index in [0.717, 1.165) is 44.2 Å². The molecular weight excluding hydrogens is 465 g/mol. The van der Waals surface area contributed by atoms with E-state index in [1.807, 2.05) is 24.1 Å². The Morgan fingerprint density at radius 3 is 2.32 bits per heavy atom. The molecule has 1 aromatic carbocycles. The van der Waals surface area contributed by atoms with Gasteiger partial charge in [-0.25, -0.2) is 0 Å². The van der Waals surface area contributed by atoms with Crippen molar-refractivity contribution in [2.45, 2.75) is 45.1 Å². The standard InChI is InChI=1S/C21H33N5O.HI/c1-22-21(23-12-16-25-13-4-2-3-5-14-25)24-17-18-8-10-19(11-9-18)26-15-6-7-20(26)27;/h8-11H,2-7,12-17H2,1H3,(H2,22,23,24);1H. The second-order valence-electron chi connectivity index (χ2n) is 7.42. The zero-order valence-electron chi connectivity index (χ0n) is 17.0. The smallest absolute Gasteiger partial charge is 0.227 e. The van der Waals surface area contributed by atoms with Crippen molar-refractivity contribution in [2.75, 3.05) is 44.7 Å².